The van der Waals surface area contributed by atoms with Crippen molar-refractivity contribution in [3.8, 4) is 0 Å². The Hall–Kier alpha value is -1.84. The number of aromatic amines is 1. The van der Waals surface area contributed by atoms with Crippen molar-refractivity contribution in [3.63, 3.8) is 0 Å². The molecule has 3 N–H and O–H groups in total. The van der Waals surface area contributed by atoms with Crippen LogP contribution in [0.25, 0.3) is 21.8 Å². The van der Waals surface area contributed by atoms with Gasteiger partial charge in [-0.3, -0.25) is 0 Å². The van der Waals surface area contributed by atoms with Gasteiger partial charge in [0.15, 0.2) is 0 Å². The van der Waals surface area contributed by atoms with Gasteiger partial charge < -0.3 is 15.2 Å². The van der Waals surface area contributed by atoms with E-state index >= 15 is 0 Å². The monoisotopic (exact) mass is 417 g/mol. The van der Waals surface area contributed by atoms with Crippen molar-refractivity contribution in [2.45, 2.75) is 77.9 Å². The summed E-state index contributed by atoms with van der Waals surface area (Å²) in [4.78, 5) is 3.68. The quantitative estimate of drug-likeness (QED) is 0.430. The molecule has 5 unspecified atom stereocenters. The van der Waals surface area contributed by atoms with E-state index in [2.05, 4.69) is 63.0 Å². The second-order valence-electron chi connectivity index (χ2n) is 11.2. The average molecular weight is 418 g/mol. The lowest BCUT2D eigenvalue weighted by atomic mass is 9.37. The van der Waals surface area contributed by atoms with Crippen molar-refractivity contribution in [3.05, 3.63) is 47.0 Å². The fourth-order valence-corrected chi connectivity index (χ4v) is 8.57. The Bertz CT molecular complexity index is 1190. The van der Waals surface area contributed by atoms with Crippen molar-refractivity contribution in [1.82, 2.24) is 4.98 Å². The van der Waals surface area contributed by atoms with Gasteiger partial charge in [-0.05, 0) is 85.6 Å². The molecule has 2 fully saturated rings. The van der Waals surface area contributed by atoms with Crippen LogP contribution in [-0.4, -0.2) is 27.4 Å². The third kappa shape index (κ3) is 2.22. The van der Waals surface area contributed by atoms with Gasteiger partial charge in [-0.25, -0.2) is 0 Å². The van der Waals surface area contributed by atoms with Crippen LogP contribution in [0, 0.1) is 29.6 Å². The minimum Gasteiger partial charge on any atom is -0.393 e. The summed E-state index contributed by atoms with van der Waals surface area (Å²) in [5, 5.41) is 25.9. The molecule has 0 amide bonds. The number of aryl methyl sites for hydroxylation is 1. The second kappa shape index (κ2) is 6.36. The summed E-state index contributed by atoms with van der Waals surface area (Å²) in [7, 11) is 0. The number of rotatable bonds is 0. The molecule has 31 heavy (non-hydrogen) atoms. The van der Waals surface area contributed by atoms with E-state index in [0.717, 1.165) is 32.1 Å². The molecule has 3 aliphatic carbocycles. The van der Waals surface area contributed by atoms with E-state index in [1.165, 1.54) is 38.5 Å². The summed E-state index contributed by atoms with van der Waals surface area (Å²) in [6.45, 7) is 9.19. The summed E-state index contributed by atoms with van der Waals surface area (Å²) in [6, 6.07) is 11.0. The highest BCUT2D eigenvalue weighted by atomic mass is 16.3. The molecule has 0 radical (unpaired) electrons. The van der Waals surface area contributed by atoms with Crippen molar-refractivity contribution in [2.75, 3.05) is 0 Å². The minimum atomic E-state index is -0.356. The van der Waals surface area contributed by atoms with Crippen LogP contribution in [0.15, 0.2) is 30.3 Å². The Balaban J connectivity index is 1.73. The van der Waals surface area contributed by atoms with Gasteiger partial charge in [0.2, 0.25) is 0 Å². The molecule has 7 atom stereocenters. The highest BCUT2D eigenvalue weighted by molar-refractivity contribution is 6.10. The number of nitrogens with one attached hydrogen (secondary N) is 1. The second-order valence-corrected chi connectivity index (χ2v) is 11.2. The first kappa shape index (κ1) is 19.8. The van der Waals surface area contributed by atoms with Crippen LogP contribution in [0.5, 0.6) is 0 Å². The number of para-hydroxylation sites is 1. The Morgan fingerprint density at radius 2 is 1.81 bits per heavy atom. The van der Waals surface area contributed by atoms with Gasteiger partial charge in [0.25, 0.3) is 0 Å². The molecule has 3 nitrogen and oxygen atoms in total. The van der Waals surface area contributed by atoms with Gasteiger partial charge in [-0.1, -0.05) is 39.0 Å². The van der Waals surface area contributed by atoms with Crippen LogP contribution in [0.1, 0.15) is 69.1 Å². The van der Waals surface area contributed by atoms with Crippen LogP contribution >= 0.6 is 0 Å². The SMILES string of the molecule is Cc1cc2[nH]c3ccccc3c2c2c1CC[C@@]13C2C(C)CC(O)C1(C)C(C)CC[C@H]3O. The molecular formula is C28H35NO2. The van der Waals surface area contributed by atoms with E-state index in [1.54, 1.807) is 0 Å². The molecule has 1 spiro atoms. The molecule has 1 heterocycles. The predicted molar refractivity (Wildman–Crippen MR) is 126 cm³/mol. The summed E-state index contributed by atoms with van der Waals surface area (Å²) >= 11 is 0. The third-order valence-corrected chi connectivity index (χ3v) is 10.2. The lowest BCUT2D eigenvalue weighted by Gasteiger charge is -2.68. The van der Waals surface area contributed by atoms with Gasteiger partial charge >= 0.3 is 0 Å². The zero-order chi connectivity index (χ0) is 21.7. The number of H-pyrrole nitrogens is 1. The number of aliphatic hydroxyl groups is 2. The van der Waals surface area contributed by atoms with Crippen molar-refractivity contribution in [1.29, 1.82) is 0 Å². The molecule has 2 saturated carbocycles. The normalized spacial score (nSPS) is 39.9. The standard InChI is InChI=1S/C28H35NO2/c1-15-13-21-24(19-7-5-6-8-20(19)29-21)25-18(15)11-12-28-22(30)10-9-17(3)27(28,4)23(31)14-16(2)26(25)28/h5-8,13,16-17,22-23,26,29-31H,9-12,14H2,1-4H3/t16?,17?,22-,23?,26?,27?,28-/m1/s1. The topological polar surface area (TPSA) is 56.2 Å². The molecule has 164 valence electrons. The fraction of sp³-hybridized carbons (Fsp3) is 0.571. The maximum atomic E-state index is 11.7. The largest absolute Gasteiger partial charge is 0.393 e. The first-order chi connectivity index (χ1) is 14.8. The molecule has 3 heteroatoms. The average Bonchev–Trinajstić information content (AvgIpc) is 3.11. The number of hydrogen-bond donors (Lipinski definition) is 3. The molecule has 0 saturated heterocycles. The smallest absolute Gasteiger partial charge is 0.0608 e. The van der Waals surface area contributed by atoms with Crippen LogP contribution in [-0.2, 0) is 6.42 Å². The Morgan fingerprint density at radius 1 is 1.03 bits per heavy atom. The molecule has 6 rings (SSSR count). The minimum absolute atomic E-state index is 0.262. The first-order valence-electron chi connectivity index (χ1n) is 12.2. The molecule has 0 bridgehead atoms. The van der Waals surface area contributed by atoms with E-state index in [-0.39, 0.29) is 29.0 Å². The van der Waals surface area contributed by atoms with E-state index in [0.29, 0.717) is 11.8 Å². The van der Waals surface area contributed by atoms with Crippen LogP contribution in [0.4, 0.5) is 0 Å². The lowest BCUT2D eigenvalue weighted by molar-refractivity contribution is -0.234. The number of benzene rings is 2. The van der Waals surface area contributed by atoms with E-state index in [4.69, 9.17) is 0 Å². The number of aromatic nitrogens is 1. The van der Waals surface area contributed by atoms with Gasteiger partial charge in [-0.15, -0.1) is 0 Å². The van der Waals surface area contributed by atoms with E-state index < -0.39 is 0 Å². The molecule has 3 aliphatic rings. The van der Waals surface area contributed by atoms with E-state index in [1.807, 2.05) is 0 Å². The molecule has 3 aromatic rings. The third-order valence-electron chi connectivity index (χ3n) is 10.2. The lowest BCUT2D eigenvalue weighted by Crippen LogP contribution is -2.67. The number of hydrogen-bond acceptors (Lipinski definition) is 2. The maximum Gasteiger partial charge on any atom is 0.0608 e. The van der Waals surface area contributed by atoms with Gasteiger partial charge in [0.05, 0.1) is 12.2 Å². The maximum absolute atomic E-state index is 11.7. The molecule has 2 aromatic carbocycles. The Kier molecular flexibility index (Phi) is 4.06. The molecule has 1 aromatic heterocycles. The Morgan fingerprint density at radius 3 is 2.61 bits per heavy atom. The zero-order valence-electron chi connectivity index (χ0n) is 19.2. The summed E-state index contributed by atoms with van der Waals surface area (Å²) in [5.41, 5.74) is 6.19. The van der Waals surface area contributed by atoms with E-state index in [9.17, 15) is 10.2 Å². The highest BCUT2D eigenvalue weighted by Gasteiger charge is 2.68. The summed E-state index contributed by atoms with van der Waals surface area (Å²) < 4.78 is 0. The first-order valence-corrected chi connectivity index (χ1v) is 12.2. The predicted octanol–water partition coefficient (Wildman–Crippen LogP) is 5.84. The van der Waals surface area contributed by atoms with Crippen molar-refractivity contribution >= 4 is 21.8 Å². The number of aliphatic hydroxyl groups excluding tert-OH is 2. The summed E-state index contributed by atoms with van der Waals surface area (Å²) in [6.07, 6.45) is 3.93. The van der Waals surface area contributed by atoms with Crippen LogP contribution in [0.2, 0.25) is 0 Å². The van der Waals surface area contributed by atoms with Gasteiger partial charge in [0.1, 0.15) is 0 Å². The van der Waals surface area contributed by atoms with Gasteiger partial charge in [-0.2, -0.15) is 0 Å². The fourth-order valence-electron chi connectivity index (χ4n) is 8.57. The van der Waals surface area contributed by atoms with Crippen molar-refractivity contribution in [2.24, 2.45) is 22.7 Å². The Labute approximate surface area is 184 Å². The molecular weight excluding hydrogens is 382 g/mol. The zero-order valence-corrected chi connectivity index (χ0v) is 19.2. The van der Waals surface area contributed by atoms with Gasteiger partial charge in [0, 0.05) is 32.6 Å². The number of fused-ring (bicyclic) bond motifs is 6. The van der Waals surface area contributed by atoms with Crippen molar-refractivity contribution < 1.29 is 10.2 Å². The van der Waals surface area contributed by atoms with Crippen LogP contribution in [0.3, 0.4) is 0 Å². The molecule has 0 aliphatic heterocycles. The van der Waals surface area contributed by atoms with Crippen LogP contribution < -0.4 is 0 Å². The highest BCUT2D eigenvalue weighted by Crippen LogP contribution is 2.71. The summed E-state index contributed by atoms with van der Waals surface area (Å²) in [5.74, 6) is 1.01.